The molecule has 1 heterocycles. The van der Waals surface area contributed by atoms with E-state index >= 15 is 0 Å². The molecule has 1 aliphatic carbocycles. The van der Waals surface area contributed by atoms with Gasteiger partial charge >= 0.3 is 0 Å². The highest BCUT2D eigenvalue weighted by Crippen LogP contribution is 2.48. The molecule has 118 valence electrons. The molecule has 0 radical (unpaired) electrons. The minimum absolute atomic E-state index is 0.133. The van der Waals surface area contributed by atoms with Gasteiger partial charge in [-0.3, -0.25) is 4.79 Å². The van der Waals surface area contributed by atoms with Gasteiger partial charge in [-0.15, -0.1) is 11.8 Å². The van der Waals surface area contributed by atoms with Gasteiger partial charge in [0.25, 0.3) is 15.9 Å². The second-order valence-corrected chi connectivity index (χ2v) is 9.18. The summed E-state index contributed by atoms with van der Waals surface area (Å²) in [6.07, 6.45) is 2.16. The number of hydrogen-bond acceptors (Lipinski definition) is 4. The zero-order valence-corrected chi connectivity index (χ0v) is 14.3. The highest BCUT2D eigenvalue weighted by molar-refractivity contribution is 8.00. The molecule has 0 aromatic heterocycles. The van der Waals surface area contributed by atoms with Gasteiger partial charge in [0, 0.05) is 10.5 Å². The van der Waals surface area contributed by atoms with E-state index in [0.717, 1.165) is 22.0 Å². The van der Waals surface area contributed by atoms with Crippen LogP contribution in [0.15, 0.2) is 45.7 Å². The highest BCUT2D eigenvalue weighted by atomic mass is 32.2. The summed E-state index contributed by atoms with van der Waals surface area (Å²) in [5.74, 6) is -0.197. The molecule has 0 N–H and O–H groups in total. The van der Waals surface area contributed by atoms with Gasteiger partial charge in [0.2, 0.25) is 0 Å². The minimum atomic E-state index is -3.64. The van der Waals surface area contributed by atoms with Gasteiger partial charge in [0.05, 0.1) is 10.8 Å². The van der Waals surface area contributed by atoms with Crippen LogP contribution in [0.4, 0.5) is 0 Å². The summed E-state index contributed by atoms with van der Waals surface area (Å²) in [4.78, 5) is 14.0. The van der Waals surface area contributed by atoms with Crippen LogP contribution in [0.5, 0.6) is 0 Å². The number of carbonyl (C=O) groups excluding carboxylic acids is 1. The van der Waals surface area contributed by atoms with Gasteiger partial charge in [0.15, 0.2) is 0 Å². The molecular formula is C16H19NO3S2. The molecule has 0 saturated carbocycles. The largest absolute Gasteiger partial charge is 0.268 e. The Hall–Kier alpha value is -1.27. The van der Waals surface area contributed by atoms with Crippen molar-refractivity contribution >= 4 is 27.7 Å². The number of carbonyl (C=O) groups is 1. The number of amides is 1. The summed E-state index contributed by atoms with van der Waals surface area (Å²) in [7, 11) is -3.64. The van der Waals surface area contributed by atoms with Crippen molar-refractivity contribution in [3.05, 3.63) is 40.8 Å². The molecule has 1 amide bonds. The second kappa shape index (κ2) is 5.42. The summed E-state index contributed by atoms with van der Waals surface area (Å²) >= 11 is 1.37. The van der Waals surface area contributed by atoms with Gasteiger partial charge < -0.3 is 0 Å². The van der Waals surface area contributed by atoms with Crippen molar-refractivity contribution in [3.63, 3.8) is 0 Å². The molecule has 0 bridgehead atoms. The molecule has 0 unspecified atom stereocenters. The average molecular weight is 337 g/mol. The van der Waals surface area contributed by atoms with Crippen LogP contribution < -0.4 is 0 Å². The monoisotopic (exact) mass is 337 g/mol. The van der Waals surface area contributed by atoms with Crippen LogP contribution in [0.25, 0.3) is 0 Å². The Morgan fingerprint density at radius 2 is 1.91 bits per heavy atom. The fraction of sp³-hybridized carbons (Fsp3) is 0.438. The normalized spacial score (nSPS) is 22.8. The standard InChI is InChI=1S/C16H19NO3S2/c1-16(2)10-6-9-13-14(16)15(18)17(22(13,19)20)11-21-12-7-4-3-5-8-12/h3-5,7-8H,6,9-11H2,1-2H3. The van der Waals surface area contributed by atoms with Gasteiger partial charge in [-0.1, -0.05) is 32.0 Å². The first-order valence-electron chi connectivity index (χ1n) is 7.32. The summed E-state index contributed by atoms with van der Waals surface area (Å²) < 4.78 is 26.4. The Morgan fingerprint density at radius 1 is 1.23 bits per heavy atom. The Bertz CT molecular complexity index is 736. The van der Waals surface area contributed by atoms with E-state index < -0.39 is 10.0 Å². The maximum absolute atomic E-state index is 12.7. The first kappa shape index (κ1) is 15.6. The fourth-order valence-electron chi connectivity index (χ4n) is 3.13. The quantitative estimate of drug-likeness (QED) is 0.794. The third-order valence-electron chi connectivity index (χ3n) is 4.29. The lowest BCUT2D eigenvalue weighted by molar-refractivity contribution is -0.122. The molecule has 6 heteroatoms. The molecule has 0 atom stereocenters. The lowest BCUT2D eigenvalue weighted by Gasteiger charge is -2.29. The van der Waals surface area contributed by atoms with Crippen LogP contribution in [0.3, 0.4) is 0 Å². The SMILES string of the molecule is CC1(C)CCCC2=C1C(=O)N(CSc1ccccc1)S2(=O)=O. The van der Waals surface area contributed by atoms with E-state index in [1.54, 1.807) is 0 Å². The van der Waals surface area contributed by atoms with Crippen LogP contribution in [0.2, 0.25) is 0 Å². The summed E-state index contributed by atoms with van der Waals surface area (Å²) in [6, 6.07) is 9.53. The topological polar surface area (TPSA) is 54.5 Å². The predicted molar refractivity (Wildman–Crippen MR) is 87.6 cm³/mol. The number of hydrogen-bond donors (Lipinski definition) is 0. The highest BCUT2D eigenvalue weighted by Gasteiger charge is 2.49. The predicted octanol–water partition coefficient (Wildman–Crippen LogP) is 3.37. The van der Waals surface area contributed by atoms with Crippen molar-refractivity contribution in [2.24, 2.45) is 5.41 Å². The number of sulfonamides is 1. The van der Waals surface area contributed by atoms with E-state index in [4.69, 9.17) is 0 Å². The number of benzene rings is 1. The summed E-state index contributed by atoms with van der Waals surface area (Å²) in [5, 5.41) is 0. The fourth-order valence-corrected chi connectivity index (χ4v) is 6.18. The zero-order chi connectivity index (χ0) is 16.0. The smallest absolute Gasteiger partial charge is 0.265 e. The van der Waals surface area contributed by atoms with Gasteiger partial charge in [-0.25, -0.2) is 12.7 Å². The molecule has 1 aromatic rings. The van der Waals surface area contributed by atoms with Gasteiger partial charge in [-0.2, -0.15) is 0 Å². The molecule has 0 fully saturated rings. The molecule has 4 nitrogen and oxygen atoms in total. The van der Waals surface area contributed by atoms with Crippen LogP contribution in [-0.4, -0.2) is 24.5 Å². The number of allylic oxidation sites excluding steroid dienone is 1. The average Bonchev–Trinajstić information content (AvgIpc) is 2.66. The molecule has 2 aliphatic rings. The van der Waals surface area contributed by atoms with Crippen molar-refractivity contribution in [2.45, 2.75) is 38.0 Å². The summed E-state index contributed by atoms with van der Waals surface area (Å²) in [6.45, 7) is 3.92. The molecular weight excluding hydrogens is 318 g/mol. The molecule has 22 heavy (non-hydrogen) atoms. The van der Waals surface area contributed by atoms with E-state index in [2.05, 4.69) is 0 Å². The molecule has 1 aromatic carbocycles. The van der Waals surface area contributed by atoms with Gasteiger partial charge in [0.1, 0.15) is 0 Å². The van der Waals surface area contributed by atoms with Crippen molar-refractivity contribution in [1.29, 1.82) is 0 Å². The molecule has 1 aliphatic heterocycles. The van der Waals surface area contributed by atoms with E-state index in [9.17, 15) is 13.2 Å². The first-order valence-corrected chi connectivity index (χ1v) is 9.75. The lowest BCUT2D eigenvalue weighted by Crippen LogP contribution is -2.33. The second-order valence-electron chi connectivity index (χ2n) is 6.28. The Balaban J connectivity index is 1.88. The maximum Gasteiger partial charge on any atom is 0.265 e. The van der Waals surface area contributed by atoms with Crippen molar-refractivity contribution in [2.75, 3.05) is 5.88 Å². The minimum Gasteiger partial charge on any atom is -0.268 e. The van der Waals surface area contributed by atoms with Crippen molar-refractivity contribution in [3.8, 4) is 0 Å². The maximum atomic E-state index is 12.7. The number of rotatable bonds is 3. The number of thioether (sulfide) groups is 1. The van der Waals surface area contributed by atoms with E-state index in [-0.39, 0.29) is 17.2 Å². The first-order chi connectivity index (χ1) is 10.3. The molecule has 0 spiro atoms. The van der Waals surface area contributed by atoms with Gasteiger partial charge in [-0.05, 0) is 36.8 Å². The Kier molecular flexibility index (Phi) is 3.85. The molecule has 0 saturated heterocycles. The van der Waals surface area contributed by atoms with Crippen LogP contribution in [0.1, 0.15) is 33.1 Å². The van der Waals surface area contributed by atoms with E-state index in [1.165, 1.54) is 11.8 Å². The Labute approximate surface area is 135 Å². The molecule has 3 rings (SSSR count). The van der Waals surface area contributed by atoms with E-state index in [1.807, 2.05) is 44.2 Å². The van der Waals surface area contributed by atoms with E-state index in [0.29, 0.717) is 16.9 Å². The zero-order valence-electron chi connectivity index (χ0n) is 12.7. The third kappa shape index (κ3) is 2.48. The van der Waals surface area contributed by atoms with Crippen molar-refractivity contribution in [1.82, 2.24) is 4.31 Å². The third-order valence-corrected chi connectivity index (χ3v) is 7.36. The summed E-state index contributed by atoms with van der Waals surface area (Å²) in [5.41, 5.74) is 0.150. The van der Waals surface area contributed by atoms with Crippen molar-refractivity contribution < 1.29 is 13.2 Å². The Morgan fingerprint density at radius 3 is 2.55 bits per heavy atom. The lowest BCUT2D eigenvalue weighted by atomic mass is 9.75. The van der Waals surface area contributed by atoms with Crippen LogP contribution in [-0.2, 0) is 14.8 Å². The number of nitrogens with zero attached hydrogens (tertiary/aromatic N) is 1. The van der Waals surface area contributed by atoms with Crippen LogP contribution in [0, 0.1) is 5.41 Å². The van der Waals surface area contributed by atoms with Crippen LogP contribution >= 0.6 is 11.8 Å².